The lowest BCUT2D eigenvalue weighted by atomic mass is 10.3. The zero-order valence-corrected chi connectivity index (χ0v) is 4.96. The SMILES string of the molecule is CC(=N)CC(=O)S. The summed E-state index contributed by atoms with van der Waals surface area (Å²) < 4.78 is 0. The van der Waals surface area contributed by atoms with E-state index in [9.17, 15) is 4.79 Å². The molecule has 0 aromatic heterocycles. The molecule has 0 rings (SSSR count). The van der Waals surface area contributed by atoms with Crippen LogP contribution in [-0.4, -0.2) is 10.8 Å². The molecule has 7 heavy (non-hydrogen) atoms. The van der Waals surface area contributed by atoms with Gasteiger partial charge in [0.2, 0.25) is 0 Å². The average Bonchev–Trinajstić information content (AvgIpc) is 1.27. The van der Waals surface area contributed by atoms with Crippen molar-refractivity contribution in [3.05, 3.63) is 0 Å². The number of carbonyl (C=O) groups excluding carboxylic acids is 1. The molecule has 0 saturated heterocycles. The third kappa shape index (κ3) is 5.69. The van der Waals surface area contributed by atoms with Gasteiger partial charge in [-0.3, -0.25) is 4.79 Å². The molecule has 0 aromatic rings. The van der Waals surface area contributed by atoms with E-state index in [2.05, 4.69) is 12.6 Å². The lowest BCUT2D eigenvalue weighted by Crippen LogP contribution is -1.94. The first-order valence-corrected chi connectivity index (χ1v) is 2.33. The summed E-state index contributed by atoms with van der Waals surface area (Å²) in [6.45, 7) is 1.58. The molecule has 0 bridgehead atoms. The lowest BCUT2D eigenvalue weighted by Gasteiger charge is -1.84. The summed E-state index contributed by atoms with van der Waals surface area (Å²) in [4.78, 5) is 9.98. The first kappa shape index (κ1) is 6.69. The fourth-order valence-electron chi connectivity index (χ4n) is 0.227. The van der Waals surface area contributed by atoms with Crippen molar-refractivity contribution in [2.75, 3.05) is 0 Å². The van der Waals surface area contributed by atoms with Crippen molar-refractivity contribution in [1.29, 1.82) is 5.41 Å². The first-order valence-electron chi connectivity index (χ1n) is 1.88. The van der Waals surface area contributed by atoms with Gasteiger partial charge in [-0.1, -0.05) is 0 Å². The van der Waals surface area contributed by atoms with Crippen molar-refractivity contribution >= 4 is 23.5 Å². The van der Waals surface area contributed by atoms with Crippen LogP contribution in [0.15, 0.2) is 0 Å². The van der Waals surface area contributed by atoms with Crippen LogP contribution in [0.2, 0.25) is 0 Å². The standard InChI is InChI=1S/C4H7NOS/c1-3(5)2-4(6)7/h5H,2H2,1H3,(H,6,7). The van der Waals surface area contributed by atoms with Gasteiger partial charge in [0.05, 0.1) is 6.42 Å². The Kier molecular flexibility index (Phi) is 2.67. The minimum atomic E-state index is -0.243. The molecule has 0 spiro atoms. The summed E-state index contributed by atoms with van der Waals surface area (Å²) >= 11 is 3.46. The normalized spacial score (nSPS) is 8.29. The molecule has 0 saturated carbocycles. The van der Waals surface area contributed by atoms with Gasteiger partial charge in [-0.25, -0.2) is 0 Å². The van der Waals surface area contributed by atoms with Gasteiger partial charge in [0.15, 0.2) is 5.12 Å². The van der Waals surface area contributed by atoms with E-state index >= 15 is 0 Å². The molecule has 2 nitrogen and oxygen atoms in total. The highest BCUT2D eigenvalue weighted by atomic mass is 32.1. The first-order chi connectivity index (χ1) is 3.13. The van der Waals surface area contributed by atoms with E-state index in [-0.39, 0.29) is 11.5 Å². The predicted octanol–water partition coefficient (Wildman–Crippen LogP) is 0.873. The van der Waals surface area contributed by atoms with E-state index in [1.54, 1.807) is 6.92 Å². The Hall–Kier alpha value is -0.310. The Bertz CT molecular complexity index is 87.9. The summed E-state index contributed by atoms with van der Waals surface area (Å²) in [5, 5.41) is 6.51. The molecular formula is C4H7NOS. The molecular weight excluding hydrogens is 110 g/mol. The zero-order valence-electron chi connectivity index (χ0n) is 4.06. The molecule has 3 heteroatoms. The van der Waals surface area contributed by atoms with E-state index in [0.29, 0.717) is 5.71 Å². The quantitative estimate of drug-likeness (QED) is 0.409. The smallest absolute Gasteiger partial charge is 0.191 e. The Morgan fingerprint density at radius 1 is 1.86 bits per heavy atom. The van der Waals surface area contributed by atoms with Gasteiger partial charge in [-0.15, -0.1) is 12.6 Å². The number of nitrogens with one attached hydrogen (secondary N) is 1. The summed E-state index contributed by atoms with van der Waals surface area (Å²) in [5.41, 5.74) is 0.361. The van der Waals surface area contributed by atoms with Gasteiger partial charge in [-0.05, 0) is 6.92 Å². The van der Waals surface area contributed by atoms with Crippen molar-refractivity contribution < 1.29 is 4.79 Å². The second-order valence-electron chi connectivity index (χ2n) is 1.35. The predicted molar refractivity (Wildman–Crippen MR) is 32.0 cm³/mol. The van der Waals surface area contributed by atoms with Crippen molar-refractivity contribution in [2.24, 2.45) is 0 Å². The van der Waals surface area contributed by atoms with Crippen molar-refractivity contribution in [2.45, 2.75) is 13.3 Å². The highest BCUT2D eigenvalue weighted by Crippen LogP contribution is 1.87. The van der Waals surface area contributed by atoms with E-state index < -0.39 is 0 Å². The molecule has 0 fully saturated rings. The maximum absolute atomic E-state index is 9.98. The molecule has 0 aliphatic heterocycles. The number of rotatable bonds is 2. The Morgan fingerprint density at radius 3 is 2.29 bits per heavy atom. The van der Waals surface area contributed by atoms with Crippen LogP contribution >= 0.6 is 12.6 Å². The maximum Gasteiger partial charge on any atom is 0.191 e. The monoisotopic (exact) mass is 117 g/mol. The number of hydrogen-bond donors (Lipinski definition) is 2. The lowest BCUT2D eigenvalue weighted by molar-refractivity contribution is -0.109. The highest BCUT2D eigenvalue weighted by molar-refractivity contribution is 7.96. The van der Waals surface area contributed by atoms with Crippen LogP contribution in [-0.2, 0) is 4.79 Å². The Morgan fingerprint density at radius 2 is 2.29 bits per heavy atom. The highest BCUT2D eigenvalue weighted by Gasteiger charge is 1.92. The largest absolute Gasteiger partial charge is 0.310 e. The van der Waals surface area contributed by atoms with Gasteiger partial charge in [-0.2, -0.15) is 0 Å². The van der Waals surface area contributed by atoms with E-state index in [1.165, 1.54) is 0 Å². The van der Waals surface area contributed by atoms with Crippen LogP contribution in [0.1, 0.15) is 13.3 Å². The molecule has 0 amide bonds. The average molecular weight is 117 g/mol. The van der Waals surface area contributed by atoms with Crippen molar-refractivity contribution in [1.82, 2.24) is 0 Å². The summed E-state index contributed by atoms with van der Waals surface area (Å²) in [6, 6.07) is 0. The zero-order chi connectivity index (χ0) is 5.86. The van der Waals surface area contributed by atoms with Gasteiger partial charge >= 0.3 is 0 Å². The molecule has 0 atom stereocenters. The van der Waals surface area contributed by atoms with E-state index in [4.69, 9.17) is 5.41 Å². The minimum absolute atomic E-state index is 0.170. The molecule has 1 N–H and O–H groups in total. The second-order valence-corrected chi connectivity index (χ2v) is 1.85. The summed E-state index contributed by atoms with van der Waals surface area (Å²) in [7, 11) is 0. The van der Waals surface area contributed by atoms with E-state index in [0.717, 1.165) is 0 Å². The molecule has 0 radical (unpaired) electrons. The molecule has 0 heterocycles. The number of carbonyl (C=O) groups is 1. The van der Waals surface area contributed by atoms with Crippen LogP contribution < -0.4 is 0 Å². The van der Waals surface area contributed by atoms with Gasteiger partial charge < -0.3 is 5.41 Å². The van der Waals surface area contributed by atoms with Crippen LogP contribution in [0, 0.1) is 5.41 Å². The third-order valence-corrected chi connectivity index (χ3v) is 0.575. The minimum Gasteiger partial charge on any atom is -0.310 e. The van der Waals surface area contributed by atoms with Gasteiger partial charge in [0.1, 0.15) is 0 Å². The van der Waals surface area contributed by atoms with E-state index in [1.807, 2.05) is 0 Å². The van der Waals surface area contributed by atoms with Crippen LogP contribution in [0.4, 0.5) is 0 Å². The summed E-state index contributed by atoms with van der Waals surface area (Å²) in [6.07, 6.45) is 0.170. The van der Waals surface area contributed by atoms with Crippen LogP contribution in [0.5, 0.6) is 0 Å². The molecule has 0 aliphatic rings. The topological polar surface area (TPSA) is 40.9 Å². The van der Waals surface area contributed by atoms with Crippen molar-refractivity contribution in [3.8, 4) is 0 Å². The summed E-state index contributed by atoms with van der Waals surface area (Å²) in [5.74, 6) is 0. The Labute approximate surface area is 47.8 Å². The number of hydrogen-bond acceptors (Lipinski definition) is 2. The fourth-order valence-corrected chi connectivity index (χ4v) is 0.464. The fraction of sp³-hybridized carbons (Fsp3) is 0.500. The Balaban J connectivity index is 3.32. The van der Waals surface area contributed by atoms with Crippen LogP contribution in [0.3, 0.4) is 0 Å². The van der Waals surface area contributed by atoms with Crippen LogP contribution in [0.25, 0.3) is 0 Å². The number of thiol groups is 1. The maximum atomic E-state index is 9.98. The molecule has 40 valence electrons. The molecule has 0 aliphatic carbocycles. The second kappa shape index (κ2) is 2.80. The van der Waals surface area contributed by atoms with Crippen molar-refractivity contribution in [3.63, 3.8) is 0 Å². The van der Waals surface area contributed by atoms with Gasteiger partial charge in [0.25, 0.3) is 0 Å². The molecule has 0 aromatic carbocycles. The molecule has 0 unspecified atom stereocenters. The third-order valence-electron chi connectivity index (χ3n) is 0.416. The van der Waals surface area contributed by atoms with Gasteiger partial charge in [0, 0.05) is 5.71 Å².